The minimum absolute atomic E-state index is 0.0503. The quantitative estimate of drug-likeness (QED) is 0.708. The number of nitrogens with zero attached hydrogens (tertiary/aromatic N) is 2. The van der Waals surface area contributed by atoms with Gasteiger partial charge in [0.15, 0.2) is 5.17 Å². The van der Waals surface area contributed by atoms with Crippen molar-refractivity contribution in [3.05, 3.63) is 58.0 Å². The van der Waals surface area contributed by atoms with Crippen LogP contribution in [-0.4, -0.2) is 48.5 Å². The van der Waals surface area contributed by atoms with Gasteiger partial charge in [0.25, 0.3) is 5.91 Å². The van der Waals surface area contributed by atoms with Crippen LogP contribution in [0.3, 0.4) is 0 Å². The van der Waals surface area contributed by atoms with Gasteiger partial charge in [0.1, 0.15) is 11.5 Å². The minimum Gasteiger partial charge on any atom is -0.507 e. The maximum Gasteiger partial charge on any atom is 0.266 e. The predicted octanol–water partition coefficient (Wildman–Crippen LogP) is 4.30. The Morgan fingerprint density at radius 1 is 1.21 bits per heavy atom. The van der Waals surface area contributed by atoms with E-state index in [1.807, 2.05) is 12.1 Å². The number of halogens is 1. The summed E-state index contributed by atoms with van der Waals surface area (Å²) in [5.41, 5.74) is 1.17. The average Bonchev–Trinajstić information content (AvgIpc) is 2.98. The van der Waals surface area contributed by atoms with Crippen LogP contribution in [0.2, 0.25) is 5.02 Å². The van der Waals surface area contributed by atoms with Crippen LogP contribution in [0.1, 0.15) is 5.56 Å². The molecular formula is C20H19ClN2O4S. The van der Waals surface area contributed by atoms with Gasteiger partial charge in [-0.25, -0.2) is 4.99 Å². The smallest absolute Gasteiger partial charge is 0.266 e. The molecule has 3 rings (SSSR count). The molecule has 6 nitrogen and oxygen atoms in total. The second kappa shape index (κ2) is 9.14. The number of phenols is 1. The Kier molecular flexibility index (Phi) is 6.61. The van der Waals surface area contributed by atoms with Crippen molar-refractivity contribution in [1.82, 2.24) is 4.90 Å². The van der Waals surface area contributed by atoms with Crippen molar-refractivity contribution in [2.75, 3.05) is 27.4 Å². The van der Waals surface area contributed by atoms with Gasteiger partial charge in [-0.3, -0.25) is 9.69 Å². The van der Waals surface area contributed by atoms with E-state index in [-0.39, 0.29) is 11.7 Å². The molecule has 0 spiro atoms. The number of ether oxygens (including phenoxy) is 2. The van der Waals surface area contributed by atoms with E-state index in [4.69, 9.17) is 21.1 Å². The Bertz CT molecular complexity index is 928. The van der Waals surface area contributed by atoms with E-state index in [1.54, 1.807) is 49.5 Å². The lowest BCUT2D eigenvalue weighted by Gasteiger charge is -2.14. The second-order valence-corrected chi connectivity index (χ2v) is 7.30. The van der Waals surface area contributed by atoms with Gasteiger partial charge in [-0.15, -0.1) is 0 Å². The van der Waals surface area contributed by atoms with Gasteiger partial charge >= 0.3 is 0 Å². The van der Waals surface area contributed by atoms with Gasteiger partial charge in [-0.2, -0.15) is 0 Å². The van der Waals surface area contributed by atoms with Crippen molar-refractivity contribution < 1.29 is 19.4 Å². The fourth-order valence-corrected chi connectivity index (χ4v) is 3.72. The zero-order valence-electron chi connectivity index (χ0n) is 15.4. The summed E-state index contributed by atoms with van der Waals surface area (Å²) >= 11 is 7.24. The van der Waals surface area contributed by atoms with Gasteiger partial charge in [0.05, 0.1) is 30.9 Å². The molecule has 0 radical (unpaired) electrons. The van der Waals surface area contributed by atoms with Gasteiger partial charge in [-0.05, 0) is 60.3 Å². The Morgan fingerprint density at radius 3 is 2.64 bits per heavy atom. The molecule has 8 heteroatoms. The van der Waals surface area contributed by atoms with Gasteiger partial charge < -0.3 is 14.6 Å². The fraction of sp³-hybridized carbons (Fsp3) is 0.200. The van der Waals surface area contributed by atoms with E-state index in [1.165, 1.54) is 17.8 Å². The van der Waals surface area contributed by atoms with Crippen LogP contribution in [0.4, 0.5) is 5.69 Å². The minimum atomic E-state index is -0.200. The maximum atomic E-state index is 12.9. The number of amides is 1. The standard InChI is InChI=1S/C20H19ClN2O4S/c1-26-10-9-23-19(25)18(12-13-11-14(21)3-8-17(13)24)28-20(23)22-15-4-6-16(27-2)7-5-15/h3-8,11-12,24H,9-10H2,1-2H3/b18-12-,22-20?. The van der Waals surface area contributed by atoms with Crippen molar-refractivity contribution in [1.29, 1.82) is 0 Å². The summed E-state index contributed by atoms with van der Waals surface area (Å²) in [5, 5.41) is 11.1. The molecule has 0 aromatic heterocycles. The van der Waals surface area contributed by atoms with Crippen LogP contribution < -0.4 is 4.74 Å². The molecule has 1 saturated heterocycles. The normalized spacial score (nSPS) is 17.0. The lowest BCUT2D eigenvalue weighted by atomic mass is 10.2. The van der Waals surface area contributed by atoms with Crippen molar-refractivity contribution >= 4 is 46.2 Å². The number of aromatic hydroxyl groups is 1. The molecule has 0 saturated carbocycles. The lowest BCUT2D eigenvalue weighted by molar-refractivity contribution is -0.122. The van der Waals surface area contributed by atoms with E-state index in [9.17, 15) is 9.90 Å². The van der Waals surface area contributed by atoms with E-state index in [0.29, 0.717) is 39.5 Å². The van der Waals surface area contributed by atoms with Crippen molar-refractivity contribution in [3.8, 4) is 11.5 Å². The average molecular weight is 419 g/mol. The zero-order chi connectivity index (χ0) is 20.1. The summed E-state index contributed by atoms with van der Waals surface area (Å²) < 4.78 is 10.3. The highest BCUT2D eigenvalue weighted by atomic mass is 35.5. The molecule has 0 atom stereocenters. The number of amidine groups is 1. The third kappa shape index (κ3) is 4.67. The van der Waals surface area contributed by atoms with Crippen LogP contribution in [0.15, 0.2) is 52.4 Å². The third-order valence-corrected chi connectivity index (χ3v) is 5.22. The predicted molar refractivity (Wildman–Crippen MR) is 112 cm³/mol. The number of hydrogen-bond donors (Lipinski definition) is 1. The molecule has 28 heavy (non-hydrogen) atoms. The number of rotatable bonds is 6. The summed E-state index contributed by atoms with van der Waals surface area (Å²) in [5.74, 6) is 0.579. The number of methoxy groups -OCH3 is 2. The second-order valence-electron chi connectivity index (χ2n) is 5.86. The maximum absolute atomic E-state index is 12.9. The van der Waals surface area contributed by atoms with Gasteiger partial charge in [0, 0.05) is 17.7 Å². The molecule has 1 heterocycles. The summed E-state index contributed by atoms with van der Waals surface area (Å²) in [4.78, 5) is 19.5. The van der Waals surface area contributed by atoms with Crippen LogP contribution >= 0.6 is 23.4 Å². The molecule has 0 bridgehead atoms. The first kappa shape index (κ1) is 20.3. The molecular weight excluding hydrogens is 400 g/mol. The van der Waals surface area contributed by atoms with Crippen molar-refractivity contribution in [2.45, 2.75) is 0 Å². The largest absolute Gasteiger partial charge is 0.507 e. The molecule has 2 aromatic rings. The topological polar surface area (TPSA) is 71.4 Å². The Morgan fingerprint density at radius 2 is 1.96 bits per heavy atom. The highest BCUT2D eigenvalue weighted by Gasteiger charge is 2.33. The van der Waals surface area contributed by atoms with E-state index >= 15 is 0 Å². The summed E-state index contributed by atoms with van der Waals surface area (Å²) in [6, 6.07) is 11.9. The molecule has 1 N–H and O–H groups in total. The van der Waals surface area contributed by atoms with Crippen LogP contribution in [0, 0.1) is 0 Å². The molecule has 1 aliphatic rings. The summed E-state index contributed by atoms with van der Waals surface area (Å²) in [7, 11) is 3.18. The molecule has 146 valence electrons. The molecule has 0 unspecified atom stereocenters. The number of carbonyl (C=O) groups is 1. The molecule has 1 aliphatic heterocycles. The SMILES string of the molecule is COCCN1C(=O)/C(=C/c2cc(Cl)ccc2O)SC1=Nc1ccc(OC)cc1. The van der Waals surface area contributed by atoms with Gasteiger partial charge in [-0.1, -0.05) is 11.6 Å². The number of carbonyl (C=O) groups excluding carboxylic acids is 1. The monoisotopic (exact) mass is 418 g/mol. The molecule has 2 aromatic carbocycles. The first-order valence-corrected chi connectivity index (χ1v) is 9.63. The van der Waals surface area contributed by atoms with Crippen LogP contribution in [0.25, 0.3) is 6.08 Å². The molecule has 1 fully saturated rings. The fourth-order valence-electron chi connectivity index (χ4n) is 2.52. The summed E-state index contributed by atoms with van der Waals surface area (Å²) in [6.45, 7) is 0.750. The van der Waals surface area contributed by atoms with E-state index < -0.39 is 0 Å². The number of aliphatic imine (C=N–C) groups is 1. The lowest BCUT2D eigenvalue weighted by Crippen LogP contribution is -2.32. The zero-order valence-corrected chi connectivity index (χ0v) is 17.0. The Labute approximate surface area is 172 Å². The first-order valence-electron chi connectivity index (χ1n) is 8.43. The van der Waals surface area contributed by atoms with Gasteiger partial charge in [0.2, 0.25) is 0 Å². The molecule has 0 aliphatic carbocycles. The van der Waals surface area contributed by atoms with Crippen LogP contribution in [-0.2, 0) is 9.53 Å². The Balaban J connectivity index is 1.94. The highest BCUT2D eigenvalue weighted by molar-refractivity contribution is 8.18. The number of benzene rings is 2. The van der Waals surface area contributed by atoms with Crippen LogP contribution in [0.5, 0.6) is 11.5 Å². The summed E-state index contributed by atoms with van der Waals surface area (Å²) in [6.07, 6.45) is 1.62. The van der Waals surface area contributed by atoms with Crippen molar-refractivity contribution in [3.63, 3.8) is 0 Å². The Hall–Kier alpha value is -2.48. The third-order valence-electron chi connectivity index (χ3n) is 3.98. The molecule has 1 amide bonds. The number of thioether (sulfide) groups is 1. The number of hydrogen-bond acceptors (Lipinski definition) is 6. The van der Waals surface area contributed by atoms with E-state index in [2.05, 4.69) is 4.99 Å². The number of phenolic OH excluding ortho intramolecular Hbond substituents is 1. The first-order chi connectivity index (χ1) is 13.5. The highest BCUT2D eigenvalue weighted by Crippen LogP contribution is 2.36. The van der Waals surface area contributed by atoms with E-state index in [0.717, 1.165) is 5.75 Å². The van der Waals surface area contributed by atoms with Crippen molar-refractivity contribution in [2.24, 2.45) is 4.99 Å².